The number of hydrogen-bond acceptors (Lipinski definition) is 7. The zero-order valence-electron chi connectivity index (χ0n) is 22.2. The lowest BCUT2D eigenvalue weighted by atomic mass is 10.1. The minimum Gasteiger partial charge on any atom is -0.488 e. The predicted octanol–water partition coefficient (Wildman–Crippen LogP) is 4.57. The molecule has 4 aromatic carbocycles. The van der Waals surface area contributed by atoms with Crippen LogP contribution >= 0.6 is 0 Å². The van der Waals surface area contributed by atoms with Gasteiger partial charge in [0.2, 0.25) is 0 Å². The molecule has 0 fully saturated rings. The second kappa shape index (κ2) is 12.5. The lowest BCUT2D eigenvalue weighted by Gasteiger charge is -2.11. The van der Waals surface area contributed by atoms with Crippen LogP contribution in [0.25, 0.3) is 10.8 Å². The van der Waals surface area contributed by atoms with Gasteiger partial charge in [-0.2, -0.15) is 10.2 Å². The molecule has 1 heterocycles. The van der Waals surface area contributed by atoms with E-state index in [9.17, 15) is 14.4 Å². The number of benzene rings is 4. The summed E-state index contributed by atoms with van der Waals surface area (Å²) in [4.78, 5) is 37.9. The first-order valence-corrected chi connectivity index (χ1v) is 12.8. The summed E-state index contributed by atoms with van der Waals surface area (Å²) in [6.45, 7) is 0.488. The van der Waals surface area contributed by atoms with Crippen LogP contribution in [0.5, 0.6) is 5.75 Å². The van der Waals surface area contributed by atoms with Crippen molar-refractivity contribution in [2.24, 2.45) is 5.10 Å². The van der Waals surface area contributed by atoms with Crippen LogP contribution in [0.15, 0.2) is 113 Å². The summed E-state index contributed by atoms with van der Waals surface area (Å²) in [5.41, 5.74) is 5.19. The normalized spacial score (nSPS) is 11.0. The fraction of sp³-hybridized carbons (Fsp3) is 0.0938. The molecule has 1 aromatic heterocycles. The molecule has 5 rings (SSSR count). The monoisotopic (exact) mass is 546 g/mol. The van der Waals surface area contributed by atoms with E-state index in [0.29, 0.717) is 27.6 Å². The van der Waals surface area contributed by atoms with Gasteiger partial charge in [0.25, 0.3) is 11.5 Å². The van der Waals surface area contributed by atoms with E-state index in [0.717, 1.165) is 11.1 Å². The number of carbonyl (C=O) groups excluding carboxylic acids is 2. The van der Waals surface area contributed by atoms with E-state index in [1.54, 1.807) is 60.7 Å². The molecule has 0 bridgehead atoms. The Labute approximate surface area is 235 Å². The zero-order chi connectivity index (χ0) is 28.6. The third-order valence-electron chi connectivity index (χ3n) is 6.32. The smallest absolute Gasteiger partial charge is 0.337 e. The van der Waals surface area contributed by atoms with Crippen molar-refractivity contribution in [2.45, 2.75) is 13.2 Å². The molecule has 1 amide bonds. The highest BCUT2D eigenvalue weighted by Gasteiger charge is 2.16. The summed E-state index contributed by atoms with van der Waals surface area (Å²) in [7, 11) is 1.34. The summed E-state index contributed by atoms with van der Waals surface area (Å²) in [6, 6.07) is 30.5. The molecule has 204 valence electrons. The molecule has 1 N–H and O–H groups in total. The van der Waals surface area contributed by atoms with Gasteiger partial charge in [-0.25, -0.2) is 14.9 Å². The van der Waals surface area contributed by atoms with Gasteiger partial charge in [-0.1, -0.05) is 72.8 Å². The topological polar surface area (TPSA) is 112 Å². The molecule has 0 aliphatic rings. The van der Waals surface area contributed by atoms with Crippen molar-refractivity contribution in [3.8, 4) is 5.75 Å². The summed E-state index contributed by atoms with van der Waals surface area (Å²) in [6.07, 6.45) is 1.48. The van der Waals surface area contributed by atoms with Crippen molar-refractivity contribution in [3.63, 3.8) is 0 Å². The Morgan fingerprint density at radius 2 is 1.54 bits per heavy atom. The van der Waals surface area contributed by atoms with Crippen molar-refractivity contribution in [2.75, 3.05) is 7.11 Å². The van der Waals surface area contributed by atoms with Gasteiger partial charge in [0, 0.05) is 10.9 Å². The van der Waals surface area contributed by atoms with Crippen molar-refractivity contribution in [1.82, 2.24) is 15.2 Å². The highest BCUT2D eigenvalue weighted by molar-refractivity contribution is 6.05. The average Bonchev–Trinajstić information content (AvgIpc) is 3.02. The fourth-order valence-electron chi connectivity index (χ4n) is 4.21. The number of hydrogen-bond donors (Lipinski definition) is 1. The van der Waals surface area contributed by atoms with E-state index in [4.69, 9.17) is 9.47 Å². The van der Waals surface area contributed by atoms with Crippen molar-refractivity contribution < 1.29 is 19.1 Å². The number of amides is 1. The Kier molecular flexibility index (Phi) is 8.25. The van der Waals surface area contributed by atoms with E-state index in [-0.39, 0.29) is 24.4 Å². The minimum absolute atomic E-state index is 0.0909. The van der Waals surface area contributed by atoms with Crippen LogP contribution in [0.1, 0.15) is 37.5 Å². The summed E-state index contributed by atoms with van der Waals surface area (Å²) in [5.74, 6) is -0.398. The second-order valence-corrected chi connectivity index (χ2v) is 9.06. The van der Waals surface area contributed by atoms with Crippen LogP contribution in [0.2, 0.25) is 0 Å². The van der Waals surface area contributed by atoms with Gasteiger partial charge in [0.1, 0.15) is 12.4 Å². The van der Waals surface area contributed by atoms with E-state index >= 15 is 0 Å². The SMILES string of the molecule is COC(=O)c1ccc(COc2ccccc2/C=N\NC(=O)c2nn(Cc3ccccc3)c(=O)c3ccccc23)cc1. The van der Waals surface area contributed by atoms with Crippen molar-refractivity contribution >= 4 is 28.9 Å². The molecule has 0 radical (unpaired) electrons. The molecule has 9 heteroatoms. The van der Waals surface area contributed by atoms with Crippen molar-refractivity contribution in [1.29, 1.82) is 0 Å². The van der Waals surface area contributed by atoms with Crippen LogP contribution < -0.4 is 15.7 Å². The molecule has 9 nitrogen and oxygen atoms in total. The van der Waals surface area contributed by atoms with Crippen LogP contribution in [-0.4, -0.2) is 35.0 Å². The Morgan fingerprint density at radius 1 is 0.854 bits per heavy atom. The second-order valence-electron chi connectivity index (χ2n) is 9.06. The maximum Gasteiger partial charge on any atom is 0.337 e. The molecule has 0 unspecified atom stereocenters. The molecule has 0 aliphatic heterocycles. The molecule has 5 aromatic rings. The average molecular weight is 547 g/mol. The molecule has 0 spiro atoms. The van der Waals surface area contributed by atoms with Gasteiger partial charge in [-0.3, -0.25) is 9.59 Å². The third-order valence-corrected chi connectivity index (χ3v) is 6.32. The summed E-state index contributed by atoms with van der Waals surface area (Å²) >= 11 is 0. The number of hydrazone groups is 1. The molecule has 0 atom stereocenters. The third kappa shape index (κ3) is 6.36. The Balaban J connectivity index is 1.32. The molecule has 0 aliphatic carbocycles. The number of nitrogens with zero attached hydrogens (tertiary/aromatic N) is 3. The summed E-state index contributed by atoms with van der Waals surface area (Å²) < 4.78 is 12.0. The number of methoxy groups -OCH3 is 1. The number of fused-ring (bicyclic) bond motifs is 1. The van der Waals surface area contributed by atoms with Crippen LogP contribution in [0.3, 0.4) is 0 Å². The Bertz CT molecular complexity index is 1780. The molecule has 0 saturated carbocycles. The fourth-order valence-corrected chi connectivity index (χ4v) is 4.21. The number of aromatic nitrogens is 2. The Morgan fingerprint density at radius 3 is 2.29 bits per heavy atom. The first kappa shape index (κ1) is 27.0. The van der Waals surface area contributed by atoms with E-state index in [2.05, 4.69) is 15.6 Å². The lowest BCUT2D eigenvalue weighted by Crippen LogP contribution is -2.29. The van der Waals surface area contributed by atoms with Crippen LogP contribution in [0.4, 0.5) is 0 Å². The maximum absolute atomic E-state index is 13.2. The van der Waals surface area contributed by atoms with Gasteiger partial charge in [-0.15, -0.1) is 0 Å². The number of rotatable bonds is 9. The number of ether oxygens (including phenoxy) is 2. The lowest BCUT2D eigenvalue weighted by molar-refractivity contribution is 0.0600. The summed E-state index contributed by atoms with van der Waals surface area (Å²) in [5, 5.41) is 9.36. The molecule has 41 heavy (non-hydrogen) atoms. The standard InChI is InChI=1S/C32H26N4O5/c1-40-32(39)24-17-15-23(16-18-24)21-41-28-14-8-5-11-25(28)19-33-34-30(37)29-26-12-6-7-13-27(26)31(38)36(35-29)20-22-9-3-2-4-10-22/h2-19H,20-21H2,1H3,(H,34,37)/b33-19-. The highest BCUT2D eigenvalue weighted by atomic mass is 16.5. The van der Waals surface area contributed by atoms with E-state index in [1.807, 2.05) is 42.5 Å². The van der Waals surface area contributed by atoms with Crippen molar-refractivity contribution in [3.05, 3.63) is 141 Å². The maximum atomic E-state index is 13.2. The largest absolute Gasteiger partial charge is 0.488 e. The van der Waals surface area contributed by atoms with Gasteiger partial charge in [0.15, 0.2) is 5.69 Å². The van der Waals surface area contributed by atoms with Crippen LogP contribution in [-0.2, 0) is 17.9 Å². The quantitative estimate of drug-likeness (QED) is 0.165. The Hall–Kier alpha value is -5.57. The molecular formula is C32H26N4O5. The molecule has 0 saturated heterocycles. The minimum atomic E-state index is -0.552. The molecular weight excluding hydrogens is 520 g/mol. The number of nitrogens with one attached hydrogen (secondary N) is 1. The number of esters is 1. The van der Waals surface area contributed by atoms with Gasteiger partial charge >= 0.3 is 5.97 Å². The van der Waals surface area contributed by atoms with Gasteiger partial charge in [0.05, 0.1) is 30.8 Å². The zero-order valence-corrected chi connectivity index (χ0v) is 22.2. The number of carbonyl (C=O) groups is 2. The van der Waals surface area contributed by atoms with Gasteiger partial charge < -0.3 is 9.47 Å². The van der Waals surface area contributed by atoms with Crippen LogP contribution in [0, 0.1) is 0 Å². The first-order valence-electron chi connectivity index (χ1n) is 12.8. The van der Waals surface area contributed by atoms with E-state index in [1.165, 1.54) is 18.0 Å². The predicted molar refractivity (Wildman–Crippen MR) is 155 cm³/mol. The van der Waals surface area contributed by atoms with E-state index < -0.39 is 11.9 Å². The number of para-hydroxylation sites is 1. The first-order chi connectivity index (χ1) is 20.0. The van der Waals surface area contributed by atoms with Gasteiger partial charge in [-0.05, 0) is 41.5 Å². The highest BCUT2D eigenvalue weighted by Crippen LogP contribution is 2.18.